The molecule has 1 aromatic heterocycles. The predicted octanol–water partition coefficient (Wildman–Crippen LogP) is 5.48. The first-order valence-electron chi connectivity index (χ1n) is 6.44. The van der Waals surface area contributed by atoms with Crippen LogP contribution in [0, 0.1) is 0 Å². The number of para-hydroxylation sites is 1. The Labute approximate surface area is 152 Å². The smallest absolute Gasteiger partial charge is 0.337 e. The molecule has 118 valence electrons. The maximum Gasteiger partial charge on any atom is 0.337 e. The van der Waals surface area contributed by atoms with Crippen LogP contribution >= 0.6 is 39.9 Å². The van der Waals surface area contributed by atoms with E-state index in [-0.39, 0.29) is 22.5 Å². The molecule has 3 rings (SSSR count). The van der Waals surface area contributed by atoms with Crippen LogP contribution in [-0.2, 0) is 0 Å². The van der Waals surface area contributed by atoms with E-state index in [1.165, 1.54) is 11.3 Å². The van der Waals surface area contributed by atoms with Crippen molar-refractivity contribution in [1.29, 1.82) is 0 Å². The molecule has 3 aromatic rings. The fourth-order valence-electron chi connectivity index (χ4n) is 1.98. The first-order chi connectivity index (χ1) is 10.6. The minimum atomic E-state index is -0.974. The molecule has 0 unspecified atom stereocenters. The Morgan fingerprint density at radius 2 is 1.83 bits per heavy atom. The zero-order chi connectivity index (χ0) is 15.5. The van der Waals surface area contributed by atoms with E-state index >= 15 is 0 Å². The van der Waals surface area contributed by atoms with Crippen molar-refractivity contribution in [3.05, 3.63) is 64.5 Å². The average molecular weight is 412 g/mol. The highest BCUT2D eigenvalue weighted by atomic mass is 79.9. The number of carbonyl (C=O) groups is 1. The molecule has 1 heterocycles. The normalized spacial score (nSPS) is 9.96. The van der Waals surface area contributed by atoms with Gasteiger partial charge in [-0.15, -0.1) is 28.3 Å². The van der Waals surface area contributed by atoms with E-state index < -0.39 is 5.97 Å². The number of hydrogen-bond acceptors (Lipinski definition) is 4. The number of anilines is 2. The van der Waals surface area contributed by atoms with Gasteiger partial charge < -0.3 is 10.4 Å². The molecular weight excluding hydrogens is 400 g/mol. The summed E-state index contributed by atoms with van der Waals surface area (Å²) >= 11 is 7.29. The van der Waals surface area contributed by atoms with Gasteiger partial charge in [-0.3, -0.25) is 0 Å². The largest absolute Gasteiger partial charge is 0.478 e. The van der Waals surface area contributed by atoms with Crippen LogP contribution < -0.4 is 5.32 Å². The molecule has 0 saturated heterocycles. The summed E-state index contributed by atoms with van der Waals surface area (Å²) in [7, 11) is 0. The zero-order valence-electron chi connectivity index (χ0n) is 11.7. The number of rotatable bonds is 4. The van der Waals surface area contributed by atoms with Crippen LogP contribution in [0.4, 0.5) is 10.8 Å². The second-order valence-electron chi connectivity index (χ2n) is 4.52. The number of halogens is 2. The van der Waals surface area contributed by atoms with Crippen LogP contribution in [0.1, 0.15) is 10.4 Å². The van der Waals surface area contributed by atoms with Crippen LogP contribution in [0.2, 0.25) is 5.02 Å². The van der Waals surface area contributed by atoms with E-state index in [2.05, 4.69) is 10.3 Å². The Morgan fingerprint density at radius 1 is 1.13 bits per heavy atom. The molecule has 0 amide bonds. The summed E-state index contributed by atoms with van der Waals surface area (Å²) in [5, 5.41) is 15.5. The van der Waals surface area contributed by atoms with Crippen molar-refractivity contribution in [2.24, 2.45) is 0 Å². The summed E-state index contributed by atoms with van der Waals surface area (Å²) in [5.74, 6) is -0.974. The molecule has 0 radical (unpaired) electrons. The van der Waals surface area contributed by atoms with Gasteiger partial charge in [-0.05, 0) is 24.3 Å². The summed E-state index contributed by atoms with van der Waals surface area (Å²) in [6.45, 7) is 0. The first kappa shape index (κ1) is 17.5. The van der Waals surface area contributed by atoms with Crippen molar-refractivity contribution in [3.63, 3.8) is 0 Å². The molecule has 0 atom stereocenters. The fourth-order valence-corrected chi connectivity index (χ4v) is 2.84. The monoisotopic (exact) mass is 410 g/mol. The summed E-state index contributed by atoms with van der Waals surface area (Å²) in [4.78, 5) is 15.7. The van der Waals surface area contributed by atoms with Gasteiger partial charge in [-0.25, -0.2) is 9.78 Å². The number of thiazole rings is 1. The van der Waals surface area contributed by atoms with E-state index in [1.807, 2.05) is 29.6 Å². The molecular formula is C16H12BrClN2O2S. The molecule has 0 spiro atoms. The Kier molecular flexibility index (Phi) is 5.76. The van der Waals surface area contributed by atoms with Crippen molar-refractivity contribution in [2.45, 2.75) is 0 Å². The third kappa shape index (κ3) is 4.10. The SMILES string of the molecule is Br.O=C(O)c1ccccc1Nc1nc(-c2ccc(Cl)cc2)cs1. The number of hydrogen-bond donors (Lipinski definition) is 2. The molecule has 0 fully saturated rings. The van der Waals surface area contributed by atoms with Gasteiger partial charge in [0.15, 0.2) is 5.13 Å². The minimum Gasteiger partial charge on any atom is -0.478 e. The van der Waals surface area contributed by atoms with Crippen molar-refractivity contribution in [3.8, 4) is 11.3 Å². The lowest BCUT2D eigenvalue weighted by atomic mass is 10.2. The first-order valence-corrected chi connectivity index (χ1v) is 7.70. The van der Waals surface area contributed by atoms with Crippen LogP contribution in [-0.4, -0.2) is 16.1 Å². The van der Waals surface area contributed by atoms with Crippen molar-refractivity contribution >= 4 is 56.7 Å². The molecule has 23 heavy (non-hydrogen) atoms. The predicted molar refractivity (Wildman–Crippen MR) is 99.6 cm³/mol. The van der Waals surface area contributed by atoms with Crippen LogP contribution in [0.15, 0.2) is 53.9 Å². The Bertz CT molecular complexity index is 821. The van der Waals surface area contributed by atoms with Crippen molar-refractivity contribution in [2.75, 3.05) is 5.32 Å². The second kappa shape index (κ2) is 7.59. The molecule has 0 aliphatic heterocycles. The van der Waals surface area contributed by atoms with Gasteiger partial charge in [0.05, 0.1) is 16.9 Å². The average Bonchev–Trinajstić information content (AvgIpc) is 2.97. The van der Waals surface area contributed by atoms with Gasteiger partial charge in [0.2, 0.25) is 0 Å². The molecule has 7 heteroatoms. The minimum absolute atomic E-state index is 0. The van der Waals surface area contributed by atoms with E-state index in [0.29, 0.717) is 15.8 Å². The molecule has 0 bridgehead atoms. The third-order valence-corrected chi connectivity index (χ3v) is 4.05. The van der Waals surface area contributed by atoms with E-state index in [9.17, 15) is 9.90 Å². The number of nitrogens with one attached hydrogen (secondary N) is 1. The highest BCUT2D eigenvalue weighted by Gasteiger charge is 2.11. The number of nitrogens with zero attached hydrogens (tertiary/aromatic N) is 1. The highest BCUT2D eigenvalue weighted by molar-refractivity contribution is 8.93. The van der Waals surface area contributed by atoms with Crippen LogP contribution in [0.25, 0.3) is 11.3 Å². The van der Waals surface area contributed by atoms with Crippen LogP contribution in [0.3, 0.4) is 0 Å². The van der Waals surface area contributed by atoms with E-state index in [1.54, 1.807) is 24.3 Å². The number of benzene rings is 2. The van der Waals surface area contributed by atoms with E-state index in [4.69, 9.17) is 11.6 Å². The summed E-state index contributed by atoms with van der Waals surface area (Å²) in [6.07, 6.45) is 0. The number of aromatic nitrogens is 1. The zero-order valence-corrected chi connectivity index (χ0v) is 15.0. The van der Waals surface area contributed by atoms with Crippen molar-refractivity contribution in [1.82, 2.24) is 4.98 Å². The lowest BCUT2D eigenvalue weighted by molar-refractivity contribution is 0.0698. The fraction of sp³-hybridized carbons (Fsp3) is 0. The molecule has 2 N–H and O–H groups in total. The van der Waals surface area contributed by atoms with Gasteiger partial charge in [0.1, 0.15) is 0 Å². The summed E-state index contributed by atoms with van der Waals surface area (Å²) in [5.41, 5.74) is 2.51. The van der Waals surface area contributed by atoms with Gasteiger partial charge in [-0.2, -0.15) is 0 Å². The maximum atomic E-state index is 11.2. The van der Waals surface area contributed by atoms with E-state index in [0.717, 1.165) is 11.3 Å². The Morgan fingerprint density at radius 3 is 2.52 bits per heavy atom. The van der Waals surface area contributed by atoms with Gasteiger partial charge in [0.25, 0.3) is 0 Å². The third-order valence-electron chi connectivity index (χ3n) is 3.04. The molecule has 0 saturated carbocycles. The lowest BCUT2D eigenvalue weighted by Crippen LogP contribution is -2.02. The highest BCUT2D eigenvalue weighted by Crippen LogP contribution is 2.29. The Balaban J connectivity index is 0.00000192. The number of carboxylic acid groups (broad SMARTS) is 1. The quantitative estimate of drug-likeness (QED) is 0.596. The number of carboxylic acids is 1. The van der Waals surface area contributed by atoms with Crippen molar-refractivity contribution < 1.29 is 9.90 Å². The maximum absolute atomic E-state index is 11.2. The van der Waals surface area contributed by atoms with Gasteiger partial charge in [0, 0.05) is 16.0 Å². The summed E-state index contributed by atoms with van der Waals surface area (Å²) in [6, 6.07) is 14.1. The molecule has 0 aliphatic rings. The standard InChI is InChI=1S/C16H11ClN2O2S.BrH/c17-11-7-5-10(6-8-11)14-9-22-16(19-14)18-13-4-2-1-3-12(13)15(20)21;/h1-9H,(H,18,19)(H,20,21);1H. The summed E-state index contributed by atoms with van der Waals surface area (Å²) < 4.78 is 0. The van der Waals surface area contributed by atoms with Crippen LogP contribution in [0.5, 0.6) is 0 Å². The Hall–Kier alpha value is -1.89. The van der Waals surface area contributed by atoms with Gasteiger partial charge >= 0.3 is 5.97 Å². The number of aromatic carboxylic acids is 1. The molecule has 0 aliphatic carbocycles. The van der Waals surface area contributed by atoms with Gasteiger partial charge in [-0.1, -0.05) is 35.9 Å². The molecule has 2 aromatic carbocycles. The lowest BCUT2D eigenvalue weighted by Gasteiger charge is -2.06. The molecule has 4 nitrogen and oxygen atoms in total. The second-order valence-corrected chi connectivity index (χ2v) is 5.82. The topological polar surface area (TPSA) is 62.2 Å².